The van der Waals surface area contributed by atoms with Gasteiger partial charge in [-0.1, -0.05) is 99.9 Å². The third-order valence-electron chi connectivity index (χ3n) is 12.9. The normalized spacial score (nSPS) is 13.2. The summed E-state index contributed by atoms with van der Waals surface area (Å²) in [6.07, 6.45) is 2.95. The summed E-state index contributed by atoms with van der Waals surface area (Å²) in [5.41, 5.74) is 6.00. The molecule has 390 valence electrons. The van der Waals surface area contributed by atoms with Crippen molar-refractivity contribution < 1.29 is 68.5 Å². The topological polar surface area (TPSA) is 181 Å². The molecular weight excluding hydrogens is 1040 g/mol. The quantitative estimate of drug-likeness (QED) is 0.0863. The maximum absolute atomic E-state index is 13.9. The Morgan fingerprint density at radius 3 is 1.54 bits per heavy atom. The second-order valence-electron chi connectivity index (χ2n) is 17.9. The van der Waals surface area contributed by atoms with Crippen molar-refractivity contribution in [1.29, 1.82) is 0 Å². The van der Waals surface area contributed by atoms with Gasteiger partial charge < -0.3 is 48.9 Å². The van der Waals surface area contributed by atoms with E-state index >= 15 is 0 Å². The molecule has 16 nitrogen and oxygen atoms in total. The van der Waals surface area contributed by atoms with Crippen molar-refractivity contribution in [2.24, 2.45) is 0 Å². The van der Waals surface area contributed by atoms with Crippen molar-refractivity contribution in [3.8, 4) is 0 Å². The zero-order valence-corrected chi connectivity index (χ0v) is 47.0. The molecule has 6 heterocycles. The van der Waals surface area contributed by atoms with E-state index < -0.39 is 17.5 Å². The Morgan fingerprint density at radius 2 is 1.07 bits per heavy atom. The van der Waals surface area contributed by atoms with Crippen LogP contribution in [0.5, 0.6) is 0 Å². The van der Waals surface area contributed by atoms with Gasteiger partial charge in [0.25, 0.3) is 22.9 Å². The summed E-state index contributed by atoms with van der Waals surface area (Å²) in [5, 5.41) is 2.54. The van der Waals surface area contributed by atoms with Crippen molar-refractivity contribution >= 4 is 72.9 Å². The molecule has 10 rings (SSSR count). The molecular formula is C58H60BrN6NaO10. The molecule has 4 aromatic heterocycles. The van der Waals surface area contributed by atoms with Gasteiger partial charge in [-0.2, -0.15) is 0 Å². The molecule has 2 aliphatic heterocycles. The number of esters is 2. The van der Waals surface area contributed by atoms with E-state index in [2.05, 4.69) is 33.0 Å². The maximum atomic E-state index is 13.9. The van der Waals surface area contributed by atoms with Crippen molar-refractivity contribution in [1.82, 2.24) is 19.4 Å². The van der Waals surface area contributed by atoms with Crippen LogP contribution < -0.4 is 50.5 Å². The smallest absolute Gasteiger partial charge is 1.00 e. The first-order valence-electron chi connectivity index (χ1n) is 24.9. The summed E-state index contributed by atoms with van der Waals surface area (Å²) in [6, 6.07) is 38.2. The first-order chi connectivity index (χ1) is 36.4. The molecule has 0 radical (unpaired) electrons. The van der Waals surface area contributed by atoms with Gasteiger partial charge in [0, 0.05) is 68.5 Å². The summed E-state index contributed by atoms with van der Waals surface area (Å²) in [7, 11) is 0. The van der Waals surface area contributed by atoms with E-state index in [0.717, 1.165) is 38.3 Å². The Bertz CT molecular complexity index is 3390. The Balaban J connectivity index is 0.000000216. The van der Waals surface area contributed by atoms with Crippen molar-refractivity contribution in [3.63, 3.8) is 0 Å². The number of fused-ring (bicyclic) bond motifs is 2. The van der Waals surface area contributed by atoms with Crippen LogP contribution in [0.1, 0.15) is 79.4 Å². The maximum Gasteiger partial charge on any atom is 1.00 e. The number of piperazine rings is 2. The largest absolute Gasteiger partial charge is 1.00 e. The van der Waals surface area contributed by atoms with Crippen LogP contribution in [0.3, 0.4) is 0 Å². The van der Waals surface area contributed by atoms with Gasteiger partial charge in [0.1, 0.15) is 11.1 Å². The number of H-pyrrole nitrogens is 1. The molecule has 0 atom stereocenters. The van der Waals surface area contributed by atoms with Crippen molar-refractivity contribution in [2.45, 2.75) is 39.6 Å². The van der Waals surface area contributed by atoms with Crippen LogP contribution in [-0.2, 0) is 21.3 Å². The summed E-state index contributed by atoms with van der Waals surface area (Å²) in [6.45, 7) is 11.7. The Labute approximate surface area is 472 Å². The minimum atomic E-state index is -0.647. The fourth-order valence-corrected chi connectivity index (χ4v) is 9.62. The van der Waals surface area contributed by atoms with Crippen LogP contribution >= 0.6 is 15.9 Å². The van der Waals surface area contributed by atoms with E-state index in [1.165, 1.54) is 18.1 Å². The number of hydrogen-bond acceptors (Lipinski definition) is 12. The first-order valence-corrected chi connectivity index (χ1v) is 26.0. The number of nitrogens with one attached hydrogen (secondary N) is 1. The molecule has 2 saturated heterocycles. The van der Waals surface area contributed by atoms with Gasteiger partial charge in [-0.15, -0.1) is 0 Å². The van der Waals surface area contributed by atoms with E-state index in [4.69, 9.17) is 18.3 Å². The minimum absolute atomic E-state index is 0. The Kier molecular flexibility index (Phi) is 19.7. The van der Waals surface area contributed by atoms with Gasteiger partial charge in [0.05, 0.1) is 54.7 Å². The number of carbonyl (C=O) groups excluding carboxylic acids is 4. The number of hydrogen-bond donors (Lipinski definition) is 1. The number of aromatic nitrogens is 2. The number of aromatic amines is 1. The van der Waals surface area contributed by atoms with Gasteiger partial charge in [-0.25, -0.2) is 9.59 Å². The van der Waals surface area contributed by atoms with Crippen molar-refractivity contribution in [3.05, 3.63) is 199 Å². The number of pyridine rings is 2. The number of furan rings is 2. The molecule has 8 aromatic rings. The van der Waals surface area contributed by atoms with Crippen LogP contribution in [-0.4, -0.2) is 109 Å². The number of nitrogens with zero attached hydrogens (tertiary/aromatic N) is 5. The first kappa shape index (κ1) is 56.5. The number of benzene rings is 4. The number of aryl methyl sites for hydroxylation is 2. The van der Waals surface area contributed by atoms with Crippen LogP contribution in [0.15, 0.2) is 152 Å². The zero-order valence-electron chi connectivity index (χ0n) is 44.4. The third kappa shape index (κ3) is 13.1. The standard InChI is InChI=1S/C29H29N3O5.C22H23N3O5.C7H7Br.Na.H/c1-3-36-29(35)25-26(30-13-15-31(16-14-30)27(33)24-10-7-17-37-24)22-18-20(2)11-12-23(22)32(28(25)34)19-21-8-5-4-6-9-21;1-3-29-22(28)18-19(15-13-14(2)6-7-16(15)23-20(18)26)24-8-10-25(11-9-24)21(27)17-5-4-12-30-17;8-6-7-4-2-1-3-5-7;;/h4-12,17-18H,3,13-16,19H2,1-2H3;4-7,12-13H,3,8-11H2,1-2H3,(H,23,26);1-5H,6H2;;/q;;;+1;-1. The number of halogens is 1. The van der Waals surface area contributed by atoms with E-state index in [0.29, 0.717) is 87.3 Å². The van der Waals surface area contributed by atoms with Crippen LogP contribution in [0.25, 0.3) is 21.8 Å². The summed E-state index contributed by atoms with van der Waals surface area (Å²) in [4.78, 5) is 88.2. The fraction of sp³-hybridized carbons (Fsp3) is 0.276. The van der Waals surface area contributed by atoms with Gasteiger partial charge in [-0.05, 0) is 87.4 Å². The van der Waals surface area contributed by atoms with Gasteiger partial charge in [0.15, 0.2) is 11.5 Å². The zero-order chi connectivity index (χ0) is 53.0. The molecule has 76 heavy (non-hydrogen) atoms. The molecule has 18 heteroatoms. The monoisotopic (exact) mass is 1100 g/mol. The van der Waals surface area contributed by atoms with Crippen LogP contribution in [0.4, 0.5) is 11.4 Å². The third-order valence-corrected chi connectivity index (χ3v) is 13.6. The molecule has 0 bridgehead atoms. The fourth-order valence-electron chi connectivity index (χ4n) is 9.25. The van der Waals surface area contributed by atoms with Crippen molar-refractivity contribution in [2.75, 3.05) is 75.4 Å². The summed E-state index contributed by atoms with van der Waals surface area (Å²) >= 11 is 3.36. The second-order valence-corrected chi connectivity index (χ2v) is 18.5. The summed E-state index contributed by atoms with van der Waals surface area (Å²) < 4.78 is 22.7. The van der Waals surface area contributed by atoms with Gasteiger partial charge >= 0.3 is 41.5 Å². The van der Waals surface area contributed by atoms with E-state index in [1.807, 2.05) is 109 Å². The molecule has 0 spiro atoms. The number of carbonyl (C=O) groups is 4. The molecule has 2 aliphatic rings. The molecule has 4 aromatic carbocycles. The predicted octanol–water partition coefficient (Wildman–Crippen LogP) is 6.36. The molecule has 0 unspecified atom stereocenters. The van der Waals surface area contributed by atoms with E-state index in [1.54, 1.807) is 52.5 Å². The van der Waals surface area contributed by atoms with E-state index in [9.17, 15) is 28.8 Å². The minimum Gasteiger partial charge on any atom is -1.00 e. The van der Waals surface area contributed by atoms with Gasteiger partial charge in [-0.3, -0.25) is 19.2 Å². The Hall–Kier alpha value is -7.18. The average Bonchev–Trinajstić information content (AvgIpc) is 4.26. The van der Waals surface area contributed by atoms with Crippen LogP contribution in [0.2, 0.25) is 0 Å². The second kappa shape index (κ2) is 26.5. The molecule has 0 saturated carbocycles. The average molecular weight is 1100 g/mol. The van der Waals surface area contributed by atoms with E-state index in [-0.39, 0.29) is 72.7 Å². The summed E-state index contributed by atoms with van der Waals surface area (Å²) in [5.74, 6) is -1.03. The predicted molar refractivity (Wildman–Crippen MR) is 294 cm³/mol. The molecule has 0 aliphatic carbocycles. The van der Waals surface area contributed by atoms with Crippen LogP contribution in [0, 0.1) is 13.8 Å². The number of amides is 2. The number of alkyl halides is 1. The molecule has 2 amide bonds. The number of ether oxygens (including phenoxy) is 2. The SMILES string of the molecule is BrCc1ccccc1.CCOC(=O)c1c(N2CCN(C(=O)c3ccco3)CC2)c2cc(C)ccc2[nH]c1=O.CCOC(=O)c1c(N2CCN(C(=O)c3ccco3)CC2)c2cc(C)ccc2n(Cc2ccccc2)c1=O.[H-].[Na+]. The molecule has 1 N–H and O–H groups in total. The number of anilines is 2. The van der Waals surface area contributed by atoms with Gasteiger partial charge in [0.2, 0.25) is 0 Å². The number of rotatable bonds is 11. The Morgan fingerprint density at radius 1 is 0.592 bits per heavy atom. The molecule has 2 fully saturated rings.